The summed E-state index contributed by atoms with van der Waals surface area (Å²) in [6.07, 6.45) is -0.427. The Morgan fingerprint density at radius 1 is 0.700 bits per heavy atom. The maximum Gasteiger partial charge on any atom is 0.123 e. The van der Waals surface area contributed by atoms with Gasteiger partial charge in [-0.1, -0.05) is 91.0 Å². The van der Waals surface area contributed by atoms with Crippen LogP contribution >= 0.6 is 0 Å². The van der Waals surface area contributed by atoms with Gasteiger partial charge >= 0.3 is 0 Å². The fraction of sp³-hybridized carbons (Fsp3) is 0.308. The van der Waals surface area contributed by atoms with Crippen molar-refractivity contribution < 1.29 is 15.6 Å². The van der Waals surface area contributed by atoms with Crippen molar-refractivity contribution in [2.45, 2.75) is 38.1 Å². The average Bonchev–Trinajstić information content (AvgIpc) is 3.12. The van der Waals surface area contributed by atoms with Gasteiger partial charge in [0.2, 0.25) is 0 Å². The highest BCUT2D eigenvalue weighted by molar-refractivity contribution is 5.15. The molecule has 0 spiro atoms. The molecule has 0 unspecified atom stereocenters. The van der Waals surface area contributed by atoms with Crippen molar-refractivity contribution in [1.29, 1.82) is 0 Å². The molecule has 0 radical (unpaired) electrons. The molecule has 3 aromatic rings. The summed E-state index contributed by atoms with van der Waals surface area (Å²) in [5.41, 5.74) is 3.34. The number of benzene rings is 3. The molecule has 0 aromatic heterocycles. The zero-order chi connectivity index (χ0) is 21.3. The minimum Gasteiger partial charge on any atom is -0.375 e. The van der Waals surface area contributed by atoms with Crippen LogP contribution in [0.4, 0.5) is 0 Å². The SMILES string of the molecule is [2H]N1C[C@@H](OCc2ccccc2)[C@H](OCc2ccccc2)[C@H]1COCc1ccccc1. The van der Waals surface area contributed by atoms with E-state index in [1.165, 1.54) is 0 Å². The Morgan fingerprint density at radius 3 is 1.77 bits per heavy atom. The average molecular weight is 405 g/mol. The quantitative estimate of drug-likeness (QED) is 0.545. The minimum absolute atomic E-state index is 0.187. The summed E-state index contributed by atoms with van der Waals surface area (Å²) in [5.74, 6) is 0. The van der Waals surface area contributed by atoms with Crippen LogP contribution < -0.4 is 5.31 Å². The molecule has 1 aliphatic rings. The topological polar surface area (TPSA) is 39.7 Å². The second-order valence-electron chi connectivity index (χ2n) is 7.53. The molecule has 4 rings (SSSR count). The van der Waals surface area contributed by atoms with E-state index < -0.39 is 0 Å². The lowest BCUT2D eigenvalue weighted by atomic mass is 10.1. The fourth-order valence-electron chi connectivity index (χ4n) is 3.62. The molecule has 1 saturated heterocycles. The molecule has 4 nitrogen and oxygen atoms in total. The highest BCUT2D eigenvalue weighted by Gasteiger charge is 2.37. The minimum atomic E-state index is -0.239. The molecule has 156 valence electrons. The van der Waals surface area contributed by atoms with Crippen LogP contribution in [0, 0.1) is 0 Å². The molecule has 1 fully saturated rings. The number of ether oxygens (including phenoxy) is 3. The van der Waals surface area contributed by atoms with Gasteiger partial charge in [-0.15, -0.1) is 0 Å². The molecule has 3 atom stereocenters. The molecule has 0 saturated carbocycles. The van der Waals surface area contributed by atoms with Crippen molar-refractivity contribution in [2.75, 3.05) is 13.2 Å². The molecule has 4 heteroatoms. The van der Waals surface area contributed by atoms with E-state index in [2.05, 4.69) is 0 Å². The van der Waals surface area contributed by atoms with Crippen LogP contribution in [0.2, 0.25) is 1.41 Å². The second kappa shape index (κ2) is 11.0. The summed E-state index contributed by atoms with van der Waals surface area (Å²) >= 11 is 0. The van der Waals surface area contributed by atoms with Gasteiger partial charge in [0.05, 0.1) is 38.6 Å². The van der Waals surface area contributed by atoms with E-state index >= 15 is 0 Å². The molecule has 0 aliphatic carbocycles. The summed E-state index contributed by atoms with van der Waals surface area (Å²) in [4.78, 5) is 0. The van der Waals surface area contributed by atoms with Crippen LogP contribution in [0.3, 0.4) is 0 Å². The van der Waals surface area contributed by atoms with E-state index in [0.717, 1.165) is 16.7 Å². The van der Waals surface area contributed by atoms with E-state index in [9.17, 15) is 0 Å². The van der Waals surface area contributed by atoms with Crippen LogP contribution in [0.25, 0.3) is 0 Å². The zero-order valence-electron chi connectivity index (χ0n) is 18.1. The van der Waals surface area contributed by atoms with Gasteiger partial charge in [-0.3, -0.25) is 0 Å². The Labute approximate surface area is 180 Å². The van der Waals surface area contributed by atoms with Crippen molar-refractivity contribution in [3.63, 3.8) is 0 Å². The Kier molecular flexibility index (Phi) is 7.16. The van der Waals surface area contributed by atoms with Gasteiger partial charge in [0, 0.05) is 6.54 Å². The Bertz CT molecular complexity index is 894. The van der Waals surface area contributed by atoms with Crippen molar-refractivity contribution in [3.8, 4) is 0 Å². The smallest absolute Gasteiger partial charge is 0.123 e. The molecule has 1 N–H and O–H groups in total. The predicted molar refractivity (Wildman–Crippen MR) is 118 cm³/mol. The highest BCUT2D eigenvalue weighted by Crippen LogP contribution is 2.20. The van der Waals surface area contributed by atoms with Crippen LogP contribution in [0.15, 0.2) is 91.0 Å². The lowest BCUT2D eigenvalue weighted by Gasteiger charge is -2.25. The Balaban J connectivity index is 1.39. The highest BCUT2D eigenvalue weighted by atomic mass is 16.5. The van der Waals surface area contributed by atoms with Crippen molar-refractivity contribution in [1.82, 2.24) is 5.31 Å². The first-order chi connectivity index (χ1) is 15.3. The van der Waals surface area contributed by atoms with Crippen LogP contribution in [0.5, 0.6) is 0 Å². The molecule has 0 bridgehead atoms. The first kappa shape index (κ1) is 19.5. The van der Waals surface area contributed by atoms with Gasteiger partial charge in [0.1, 0.15) is 7.52 Å². The van der Waals surface area contributed by atoms with Gasteiger partial charge in [-0.2, -0.15) is 0 Å². The summed E-state index contributed by atoms with van der Waals surface area (Å²) < 4.78 is 27.0. The lowest BCUT2D eigenvalue weighted by Crippen LogP contribution is -2.39. The van der Waals surface area contributed by atoms with Gasteiger partial charge in [-0.05, 0) is 16.7 Å². The molecular weight excluding hydrogens is 374 g/mol. The Hall–Kier alpha value is -2.50. The van der Waals surface area contributed by atoms with Crippen LogP contribution in [-0.2, 0) is 34.0 Å². The Morgan fingerprint density at radius 2 is 1.20 bits per heavy atom. The van der Waals surface area contributed by atoms with Crippen molar-refractivity contribution in [2.24, 2.45) is 0 Å². The summed E-state index contributed by atoms with van der Waals surface area (Å²) in [6.45, 7) is 2.42. The van der Waals surface area contributed by atoms with Gasteiger partial charge in [0.25, 0.3) is 0 Å². The van der Waals surface area contributed by atoms with Crippen molar-refractivity contribution >= 4 is 0 Å². The van der Waals surface area contributed by atoms with Crippen LogP contribution in [0.1, 0.15) is 16.7 Å². The molecule has 3 aromatic carbocycles. The van der Waals surface area contributed by atoms with Gasteiger partial charge < -0.3 is 19.5 Å². The van der Waals surface area contributed by atoms with Crippen LogP contribution in [-0.4, -0.2) is 31.4 Å². The third-order valence-corrected chi connectivity index (χ3v) is 5.26. The summed E-state index contributed by atoms with van der Waals surface area (Å²) in [6, 6.07) is 30.1. The van der Waals surface area contributed by atoms with E-state index in [-0.39, 0.29) is 18.2 Å². The molecule has 1 aliphatic heterocycles. The van der Waals surface area contributed by atoms with E-state index in [1.807, 2.05) is 91.0 Å². The van der Waals surface area contributed by atoms with E-state index in [1.54, 1.807) is 5.31 Å². The number of hydrogen-bond donors (Lipinski definition) is 1. The first-order valence-electron chi connectivity index (χ1n) is 10.9. The van der Waals surface area contributed by atoms with Gasteiger partial charge in [-0.25, -0.2) is 0 Å². The predicted octanol–water partition coefficient (Wildman–Crippen LogP) is 4.35. The normalized spacial score (nSPS) is 22.1. The van der Waals surface area contributed by atoms with Gasteiger partial charge in [0.15, 0.2) is 0 Å². The molecular formula is C26H29NO3. The summed E-state index contributed by atoms with van der Waals surface area (Å²) in [7, 11) is 0. The molecule has 30 heavy (non-hydrogen) atoms. The standard InChI is InChI=1S/C26H29NO3/c1-4-10-21(11-5-1)17-28-20-24-26(30-19-23-14-8-3-9-15-23)25(16-27-24)29-18-22-12-6-2-7-13-22/h1-15,24-27H,16-20H2/t24-,25-,26-/m1/s1/i/hD. The maximum atomic E-state index is 8.49. The third kappa shape index (κ3) is 6.00. The number of nitrogens with one attached hydrogen (secondary N) is 1. The fourth-order valence-corrected chi connectivity index (χ4v) is 3.62. The molecule has 1 heterocycles. The van der Waals surface area contributed by atoms with E-state index in [0.29, 0.717) is 33.0 Å². The second-order valence-corrected chi connectivity index (χ2v) is 7.53. The number of hydrogen-bond acceptors (Lipinski definition) is 4. The van der Waals surface area contributed by atoms with E-state index in [4.69, 9.17) is 15.6 Å². The summed E-state index contributed by atoms with van der Waals surface area (Å²) in [5, 5.41) is 1.55. The monoisotopic (exact) mass is 404 g/mol. The number of rotatable bonds is 10. The maximum absolute atomic E-state index is 8.49. The first-order valence-corrected chi connectivity index (χ1v) is 10.5. The lowest BCUT2D eigenvalue weighted by molar-refractivity contribution is -0.0786. The molecule has 0 amide bonds. The largest absolute Gasteiger partial charge is 0.375 e. The zero-order valence-corrected chi connectivity index (χ0v) is 17.1. The van der Waals surface area contributed by atoms with Crippen molar-refractivity contribution in [3.05, 3.63) is 108 Å². The third-order valence-electron chi connectivity index (χ3n) is 5.26.